The number of anilines is 6. The zero-order valence-electron chi connectivity index (χ0n) is 30.5. The summed E-state index contributed by atoms with van der Waals surface area (Å²) in [5.74, 6) is 0.711. The third-order valence-electron chi connectivity index (χ3n) is 8.95. The van der Waals surface area contributed by atoms with Gasteiger partial charge in [0.1, 0.15) is 28.4 Å². The number of nitro benzene ring substituents is 1. The van der Waals surface area contributed by atoms with E-state index in [0.717, 1.165) is 32.2 Å². The molecule has 0 spiro atoms. The fraction of sp³-hybridized carbons (Fsp3) is 0.441. The normalized spacial score (nSPS) is 15.9. The van der Waals surface area contributed by atoms with Crippen LogP contribution >= 0.6 is 15.9 Å². The number of rotatable bonds is 10. The van der Waals surface area contributed by atoms with E-state index in [0.29, 0.717) is 64.9 Å². The van der Waals surface area contributed by atoms with Gasteiger partial charge in [0.05, 0.1) is 45.3 Å². The van der Waals surface area contributed by atoms with Crippen molar-refractivity contribution in [3.8, 4) is 5.75 Å². The number of piperazine rings is 1. The molecule has 0 saturated carbocycles. The number of carbonyl (C=O) groups excluding carboxylic acids is 1. The molecule has 0 aliphatic carbocycles. The van der Waals surface area contributed by atoms with Gasteiger partial charge in [-0.05, 0) is 61.7 Å². The van der Waals surface area contributed by atoms with E-state index in [1.807, 2.05) is 25.7 Å². The number of nitrogens with zero attached hydrogens (tertiary/aromatic N) is 8. The van der Waals surface area contributed by atoms with Crippen LogP contribution in [0.4, 0.5) is 45.0 Å². The van der Waals surface area contributed by atoms with Crippen LogP contribution in [0.3, 0.4) is 0 Å². The molecule has 2 aliphatic rings. The highest BCUT2D eigenvalue weighted by Crippen LogP contribution is 2.41. The molecule has 4 aromatic rings. The van der Waals surface area contributed by atoms with E-state index >= 15 is 0 Å². The summed E-state index contributed by atoms with van der Waals surface area (Å²) in [6.07, 6.45) is 6.80. The third kappa shape index (κ3) is 9.16. The van der Waals surface area contributed by atoms with Gasteiger partial charge in [-0.2, -0.15) is 4.98 Å². The first-order valence-electron chi connectivity index (χ1n) is 17.2. The van der Waals surface area contributed by atoms with E-state index in [4.69, 9.17) is 9.47 Å². The van der Waals surface area contributed by atoms with Crippen molar-refractivity contribution < 1.29 is 27.6 Å². The molecule has 4 heterocycles. The number of sulfonamides is 1. The molecule has 2 aromatic heterocycles. The number of fused-ring (bicyclic) bond motifs is 1. The SMILES string of the molecule is COc1cc(N2CCC(N3CCN(C(=O)OC(C)(C)C)CC3)CC2)c([N+](=O)[O-])cc1Nc1ncc(Br)c(Nc2ccc3nccnc3c2NS(C)(=O)=O)n1. The minimum Gasteiger partial charge on any atom is -0.494 e. The van der Waals surface area contributed by atoms with Crippen LogP contribution in [0.15, 0.2) is 47.3 Å². The highest BCUT2D eigenvalue weighted by Gasteiger charge is 2.33. The average Bonchev–Trinajstić information content (AvgIpc) is 3.12. The Bertz CT molecular complexity index is 2150. The molecule has 0 bridgehead atoms. The lowest BCUT2D eigenvalue weighted by atomic mass is 10.0. The molecule has 0 unspecified atom stereocenters. The molecule has 2 fully saturated rings. The van der Waals surface area contributed by atoms with E-state index in [2.05, 4.69) is 56.1 Å². The Morgan fingerprint density at radius 3 is 2.35 bits per heavy atom. The monoisotopic (exact) mass is 827 g/mol. The summed E-state index contributed by atoms with van der Waals surface area (Å²) in [4.78, 5) is 48.1. The maximum atomic E-state index is 12.5. The highest BCUT2D eigenvalue weighted by atomic mass is 79.9. The van der Waals surface area contributed by atoms with Gasteiger partial charge in [-0.1, -0.05) is 0 Å². The Hall–Kier alpha value is -5.08. The van der Waals surface area contributed by atoms with Crippen molar-refractivity contribution in [1.29, 1.82) is 0 Å². The quantitative estimate of drug-likeness (QED) is 0.134. The molecular formula is C34H42BrN11O7S. The number of piperidine rings is 1. The Kier molecular flexibility index (Phi) is 11.2. The molecule has 0 atom stereocenters. The fourth-order valence-corrected chi connectivity index (χ4v) is 7.35. The average molecular weight is 829 g/mol. The van der Waals surface area contributed by atoms with Crippen molar-refractivity contribution in [2.24, 2.45) is 0 Å². The largest absolute Gasteiger partial charge is 0.494 e. The predicted octanol–water partition coefficient (Wildman–Crippen LogP) is 5.48. The predicted molar refractivity (Wildman–Crippen MR) is 209 cm³/mol. The molecule has 3 N–H and O–H groups in total. The molecule has 2 aliphatic heterocycles. The van der Waals surface area contributed by atoms with Crippen LogP contribution in [0, 0.1) is 10.1 Å². The van der Waals surface area contributed by atoms with Crippen molar-refractivity contribution in [3.63, 3.8) is 0 Å². The zero-order valence-corrected chi connectivity index (χ0v) is 32.9. The Morgan fingerprint density at radius 1 is 1.00 bits per heavy atom. The van der Waals surface area contributed by atoms with E-state index in [-0.39, 0.29) is 34.9 Å². The number of nitro groups is 1. The van der Waals surface area contributed by atoms with Crippen LogP contribution in [-0.2, 0) is 14.8 Å². The molecule has 1 amide bonds. The molecule has 18 nitrogen and oxygen atoms in total. The molecule has 20 heteroatoms. The topological polar surface area (TPSA) is 210 Å². The van der Waals surface area contributed by atoms with Crippen molar-refractivity contribution in [2.45, 2.75) is 45.3 Å². The van der Waals surface area contributed by atoms with Gasteiger partial charge in [-0.3, -0.25) is 29.7 Å². The number of nitrogens with one attached hydrogen (secondary N) is 3. The van der Waals surface area contributed by atoms with Gasteiger partial charge in [0.15, 0.2) is 0 Å². The second-order valence-corrected chi connectivity index (χ2v) is 16.5. The first-order valence-corrected chi connectivity index (χ1v) is 19.9. The van der Waals surface area contributed by atoms with Gasteiger partial charge in [0.25, 0.3) is 5.69 Å². The van der Waals surface area contributed by atoms with Crippen LogP contribution in [-0.4, -0.2) is 113 Å². The maximum Gasteiger partial charge on any atom is 0.410 e. The molecule has 54 heavy (non-hydrogen) atoms. The second kappa shape index (κ2) is 15.7. The highest BCUT2D eigenvalue weighted by molar-refractivity contribution is 9.10. The number of hydrogen-bond donors (Lipinski definition) is 3. The number of carbonyl (C=O) groups is 1. The van der Waals surface area contributed by atoms with Crippen LogP contribution in [0.5, 0.6) is 5.75 Å². The Morgan fingerprint density at radius 2 is 1.70 bits per heavy atom. The molecule has 2 saturated heterocycles. The van der Waals surface area contributed by atoms with Crippen molar-refractivity contribution in [1.82, 2.24) is 29.7 Å². The molecule has 2 aromatic carbocycles. The number of ether oxygens (including phenoxy) is 2. The zero-order chi connectivity index (χ0) is 38.8. The number of methoxy groups -OCH3 is 1. The summed E-state index contributed by atoms with van der Waals surface area (Å²) >= 11 is 3.44. The third-order valence-corrected chi connectivity index (χ3v) is 10.1. The number of hydrogen-bond acceptors (Lipinski definition) is 15. The standard InChI is InChI=1S/C34H42BrN11O7S/c1-34(2,3)53-33(47)45-16-14-43(15-17-45)21-8-12-44(13-9-21)26-19-28(52-4)25(18-27(26)46(48)49)40-32-38-20-22(35)31(41-32)39-24-7-6-23-29(37-11-10-36-23)30(24)42-54(5,50)51/h6-7,10-11,18-21,42H,8-9,12-17H2,1-5H3,(H2,38,39,40,41). The van der Waals surface area contributed by atoms with Crippen LogP contribution in [0.25, 0.3) is 11.0 Å². The van der Waals surface area contributed by atoms with Gasteiger partial charge in [0.2, 0.25) is 16.0 Å². The smallest absolute Gasteiger partial charge is 0.410 e. The first-order chi connectivity index (χ1) is 25.6. The summed E-state index contributed by atoms with van der Waals surface area (Å²) in [5, 5.41) is 18.6. The van der Waals surface area contributed by atoms with Crippen molar-refractivity contribution >= 4 is 83.3 Å². The van der Waals surface area contributed by atoms with Gasteiger partial charge in [0, 0.05) is 76.0 Å². The Labute approximate surface area is 321 Å². The van der Waals surface area contributed by atoms with E-state index < -0.39 is 20.5 Å². The second-order valence-electron chi connectivity index (χ2n) is 13.9. The van der Waals surface area contributed by atoms with Gasteiger partial charge < -0.3 is 29.9 Å². The van der Waals surface area contributed by atoms with Crippen LogP contribution < -0.4 is 25.0 Å². The number of amides is 1. The fourth-order valence-electron chi connectivity index (χ4n) is 6.48. The van der Waals surface area contributed by atoms with E-state index in [9.17, 15) is 23.3 Å². The van der Waals surface area contributed by atoms with Gasteiger partial charge in [-0.15, -0.1) is 0 Å². The number of halogens is 1. The van der Waals surface area contributed by atoms with E-state index in [1.54, 1.807) is 23.1 Å². The lowest BCUT2D eigenvalue weighted by molar-refractivity contribution is -0.384. The summed E-state index contributed by atoms with van der Waals surface area (Å²) in [6, 6.07) is 6.69. The lowest BCUT2D eigenvalue weighted by Gasteiger charge is -2.43. The van der Waals surface area contributed by atoms with Crippen molar-refractivity contribution in [3.05, 3.63) is 57.4 Å². The summed E-state index contributed by atoms with van der Waals surface area (Å²) in [5.41, 5.74) is 1.41. The molecule has 6 rings (SSSR count). The van der Waals surface area contributed by atoms with E-state index in [1.165, 1.54) is 31.8 Å². The van der Waals surface area contributed by atoms with Crippen molar-refractivity contribution in [2.75, 3.05) is 72.9 Å². The van der Waals surface area contributed by atoms with Gasteiger partial charge >= 0.3 is 6.09 Å². The summed E-state index contributed by atoms with van der Waals surface area (Å²) in [6.45, 7) is 9.44. The van der Waals surface area contributed by atoms with Crippen LogP contribution in [0.2, 0.25) is 0 Å². The molecule has 0 radical (unpaired) electrons. The van der Waals surface area contributed by atoms with Gasteiger partial charge in [-0.25, -0.2) is 18.2 Å². The number of benzene rings is 2. The maximum absolute atomic E-state index is 12.5. The number of aromatic nitrogens is 4. The summed E-state index contributed by atoms with van der Waals surface area (Å²) < 4.78 is 38.7. The Balaban J connectivity index is 1.17. The minimum atomic E-state index is -3.70. The summed E-state index contributed by atoms with van der Waals surface area (Å²) in [7, 11) is -2.22. The minimum absolute atomic E-state index is 0.0897. The lowest BCUT2D eigenvalue weighted by Crippen LogP contribution is -2.55. The molecular weight excluding hydrogens is 786 g/mol. The first kappa shape index (κ1) is 38.6. The molecule has 288 valence electrons. The van der Waals surface area contributed by atoms with Crippen LogP contribution in [0.1, 0.15) is 33.6 Å².